The topological polar surface area (TPSA) is 57.7 Å². The number of amides is 1. The van der Waals surface area contributed by atoms with Crippen molar-refractivity contribution in [1.29, 1.82) is 0 Å². The Morgan fingerprint density at radius 3 is 2.87 bits per heavy atom. The molecule has 128 valence electrons. The summed E-state index contributed by atoms with van der Waals surface area (Å²) in [5, 5.41) is 6.44. The molecule has 2 fully saturated rings. The molecule has 0 aliphatic carbocycles. The van der Waals surface area contributed by atoms with Gasteiger partial charge in [-0.15, -0.1) is 11.3 Å². The highest BCUT2D eigenvalue weighted by atomic mass is 32.1. The molecule has 6 nitrogen and oxygen atoms in total. The van der Waals surface area contributed by atoms with Crippen molar-refractivity contribution in [3.05, 3.63) is 11.6 Å². The summed E-state index contributed by atoms with van der Waals surface area (Å²) in [6, 6.07) is 0.287. The lowest BCUT2D eigenvalue weighted by Crippen LogP contribution is -2.44. The van der Waals surface area contributed by atoms with Gasteiger partial charge in [-0.05, 0) is 5.92 Å². The van der Waals surface area contributed by atoms with Gasteiger partial charge >= 0.3 is 0 Å². The predicted octanol–water partition coefficient (Wildman–Crippen LogP) is 1.37. The Balaban J connectivity index is 1.58. The number of nitrogens with zero attached hydrogens (tertiary/aromatic N) is 3. The van der Waals surface area contributed by atoms with Gasteiger partial charge in [0.1, 0.15) is 0 Å². The maximum Gasteiger partial charge on any atom is 0.236 e. The van der Waals surface area contributed by atoms with E-state index in [2.05, 4.69) is 29.0 Å². The van der Waals surface area contributed by atoms with E-state index in [0.29, 0.717) is 18.4 Å². The fourth-order valence-corrected chi connectivity index (χ4v) is 3.96. The van der Waals surface area contributed by atoms with E-state index in [1.165, 1.54) is 0 Å². The van der Waals surface area contributed by atoms with Gasteiger partial charge in [0.05, 0.1) is 25.8 Å². The number of ether oxygens (including phenoxy) is 1. The normalized spacial score (nSPS) is 26.0. The Labute approximate surface area is 141 Å². The lowest BCUT2D eigenvalue weighted by atomic mass is 9.91. The summed E-state index contributed by atoms with van der Waals surface area (Å²) in [5.41, 5.74) is 0. The van der Waals surface area contributed by atoms with Gasteiger partial charge in [-0.25, -0.2) is 4.98 Å². The van der Waals surface area contributed by atoms with E-state index in [1.54, 1.807) is 11.3 Å². The molecule has 3 rings (SSSR count). The maximum absolute atomic E-state index is 12.6. The molecule has 0 radical (unpaired) electrons. The first-order valence-corrected chi connectivity index (χ1v) is 9.25. The van der Waals surface area contributed by atoms with Gasteiger partial charge in [0.15, 0.2) is 5.13 Å². The van der Waals surface area contributed by atoms with E-state index in [0.717, 1.165) is 44.5 Å². The summed E-state index contributed by atoms with van der Waals surface area (Å²) in [6.45, 7) is 9.76. The van der Waals surface area contributed by atoms with Crippen LogP contribution in [-0.2, 0) is 9.53 Å². The number of carbonyl (C=O) groups excluding carboxylic acids is 1. The minimum atomic E-state index is 0.237. The van der Waals surface area contributed by atoms with Gasteiger partial charge in [-0.2, -0.15) is 0 Å². The molecule has 0 spiro atoms. The second kappa shape index (κ2) is 7.59. The molecule has 1 N–H and O–H groups in total. The maximum atomic E-state index is 12.6. The molecule has 2 saturated heterocycles. The van der Waals surface area contributed by atoms with Crippen LogP contribution >= 0.6 is 11.3 Å². The van der Waals surface area contributed by atoms with Crippen LogP contribution in [0.3, 0.4) is 0 Å². The first-order chi connectivity index (χ1) is 11.1. The van der Waals surface area contributed by atoms with Gasteiger partial charge < -0.3 is 15.0 Å². The van der Waals surface area contributed by atoms with Crippen molar-refractivity contribution in [2.24, 2.45) is 11.8 Å². The third-order valence-corrected chi connectivity index (χ3v) is 5.48. The first kappa shape index (κ1) is 16.7. The summed E-state index contributed by atoms with van der Waals surface area (Å²) < 4.78 is 5.35. The number of aromatic nitrogens is 1. The third-order valence-electron chi connectivity index (χ3n) is 4.78. The molecule has 1 aromatic rings. The quantitative estimate of drug-likeness (QED) is 0.879. The van der Waals surface area contributed by atoms with Gasteiger partial charge in [-0.1, -0.05) is 13.8 Å². The van der Waals surface area contributed by atoms with Crippen molar-refractivity contribution in [2.45, 2.75) is 19.9 Å². The van der Waals surface area contributed by atoms with E-state index in [-0.39, 0.29) is 11.9 Å². The van der Waals surface area contributed by atoms with Crippen molar-refractivity contribution in [3.8, 4) is 0 Å². The van der Waals surface area contributed by atoms with Crippen molar-refractivity contribution < 1.29 is 9.53 Å². The molecule has 0 saturated carbocycles. The Morgan fingerprint density at radius 2 is 2.22 bits per heavy atom. The molecule has 1 aromatic heterocycles. The second-order valence-corrected chi connectivity index (χ2v) is 7.58. The third kappa shape index (κ3) is 4.22. The van der Waals surface area contributed by atoms with Crippen LogP contribution in [0.15, 0.2) is 11.6 Å². The number of likely N-dealkylation sites (tertiary alicyclic amines) is 1. The van der Waals surface area contributed by atoms with Crippen molar-refractivity contribution in [3.63, 3.8) is 0 Å². The number of morpholine rings is 1. The number of hydrogen-bond acceptors (Lipinski definition) is 6. The fourth-order valence-electron chi connectivity index (χ4n) is 3.36. The number of rotatable bonds is 5. The van der Waals surface area contributed by atoms with E-state index in [1.807, 2.05) is 16.5 Å². The van der Waals surface area contributed by atoms with Crippen LogP contribution in [0.1, 0.15) is 13.8 Å². The Morgan fingerprint density at radius 1 is 1.43 bits per heavy atom. The number of thiazole rings is 1. The summed E-state index contributed by atoms with van der Waals surface area (Å²) in [5.74, 6) is 1.24. The van der Waals surface area contributed by atoms with E-state index >= 15 is 0 Å². The smallest absolute Gasteiger partial charge is 0.236 e. The molecule has 0 aromatic carbocycles. The summed E-state index contributed by atoms with van der Waals surface area (Å²) in [6.07, 6.45) is 1.81. The lowest BCUT2D eigenvalue weighted by Gasteiger charge is -2.28. The minimum Gasteiger partial charge on any atom is -0.379 e. The molecule has 23 heavy (non-hydrogen) atoms. The lowest BCUT2D eigenvalue weighted by molar-refractivity contribution is -0.132. The van der Waals surface area contributed by atoms with Gasteiger partial charge in [0.25, 0.3) is 0 Å². The standard InChI is InChI=1S/C16H26N4O2S/c1-12(2)13-9-20(10-14(13)18-16-17-3-8-23-16)15(21)11-19-4-6-22-7-5-19/h3,8,12-14H,4-7,9-11H2,1-2H3,(H,17,18)/t13-,14+/m1/s1. The van der Waals surface area contributed by atoms with Crippen LogP contribution in [0.25, 0.3) is 0 Å². The van der Waals surface area contributed by atoms with E-state index in [4.69, 9.17) is 4.74 Å². The number of anilines is 1. The molecular formula is C16H26N4O2S. The van der Waals surface area contributed by atoms with E-state index < -0.39 is 0 Å². The largest absolute Gasteiger partial charge is 0.379 e. The first-order valence-electron chi connectivity index (χ1n) is 8.37. The zero-order chi connectivity index (χ0) is 16.2. The van der Waals surface area contributed by atoms with Crippen molar-refractivity contribution >= 4 is 22.4 Å². The molecule has 7 heteroatoms. The molecule has 2 aliphatic heterocycles. The molecular weight excluding hydrogens is 312 g/mol. The predicted molar refractivity (Wildman–Crippen MR) is 91.7 cm³/mol. The Bertz CT molecular complexity index is 502. The van der Waals surface area contributed by atoms with Gasteiger partial charge in [0.2, 0.25) is 5.91 Å². The van der Waals surface area contributed by atoms with Gasteiger partial charge in [-0.3, -0.25) is 9.69 Å². The minimum absolute atomic E-state index is 0.237. The molecule has 0 bridgehead atoms. The van der Waals surface area contributed by atoms with Crippen LogP contribution in [0.5, 0.6) is 0 Å². The molecule has 1 amide bonds. The molecule has 2 atom stereocenters. The number of hydrogen-bond donors (Lipinski definition) is 1. The van der Waals surface area contributed by atoms with Gasteiger partial charge in [0, 0.05) is 43.7 Å². The zero-order valence-corrected chi connectivity index (χ0v) is 14.7. The van der Waals surface area contributed by atoms with Crippen LogP contribution in [0.2, 0.25) is 0 Å². The monoisotopic (exact) mass is 338 g/mol. The van der Waals surface area contributed by atoms with Crippen LogP contribution in [0.4, 0.5) is 5.13 Å². The zero-order valence-electron chi connectivity index (χ0n) is 13.9. The Hall–Kier alpha value is -1.18. The van der Waals surface area contributed by atoms with Crippen LogP contribution in [-0.4, -0.2) is 72.7 Å². The molecule has 3 heterocycles. The van der Waals surface area contributed by atoms with Crippen LogP contribution < -0.4 is 5.32 Å². The van der Waals surface area contributed by atoms with E-state index in [9.17, 15) is 4.79 Å². The molecule has 2 aliphatic rings. The average molecular weight is 338 g/mol. The number of carbonyl (C=O) groups is 1. The highest BCUT2D eigenvalue weighted by Gasteiger charge is 2.37. The number of nitrogens with one attached hydrogen (secondary N) is 1. The van der Waals surface area contributed by atoms with Crippen LogP contribution in [0, 0.1) is 11.8 Å². The van der Waals surface area contributed by atoms with Crippen molar-refractivity contribution in [2.75, 3.05) is 51.3 Å². The highest BCUT2D eigenvalue weighted by molar-refractivity contribution is 7.13. The Kier molecular flexibility index (Phi) is 5.50. The SMILES string of the molecule is CC(C)[C@H]1CN(C(=O)CN2CCOCC2)C[C@@H]1Nc1nccs1. The fraction of sp³-hybridized carbons (Fsp3) is 0.750. The second-order valence-electron chi connectivity index (χ2n) is 6.68. The average Bonchev–Trinajstić information content (AvgIpc) is 3.18. The summed E-state index contributed by atoms with van der Waals surface area (Å²) in [4.78, 5) is 21.2. The highest BCUT2D eigenvalue weighted by Crippen LogP contribution is 2.28. The van der Waals surface area contributed by atoms with Crippen molar-refractivity contribution in [1.82, 2.24) is 14.8 Å². The molecule has 0 unspecified atom stereocenters. The summed E-state index contributed by atoms with van der Waals surface area (Å²) in [7, 11) is 0. The summed E-state index contributed by atoms with van der Waals surface area (Å²) >= 11 is 1.61.